The van der Waals surface area contributed by atoms with E-state index in [9.17, 15) is 4.79 Å². The third kappa shape index (κ3) is 0.954. The number of hydrogen-bond donors (Lipinski definition) is 2. The van der Waals surface area contributed by atoms with Crippen LogP contribution in [0.15, 0.2) is 11.3 Å². The molecule has 0 heterocycles. The number of aliphatic hydroxyl groups excluding tert-OH is 1. The van der Waals surface area contributed by atoms with Crippen molar-refractivity contribution < 1.29 is 9.90 Å². The summed E-state index contributed by atoms with van der Waals surface area (Å²) in [6.45, 7) is -0.0719. The fourth-order valence-electron chi connectivity index (χ4n) is 0.895. The average Bonchev–Trinajstić information content (AvgIpc) is 2.15. The Labute approximate surface area is 53.2 Å². The number of carbonyl (C=O) groups is 1. The lowest BCUT2D eigenvalue weighted by molar-refractivity contribution is -0.114. The fraction of sp³-hybridized carbons (Fsp3) is 0.500. The quantitative estimate of drug-likeness (QED) is 0.501. The highest BCUT2D eigenvalue weighted by Crippen LogP contribution is 2.17. The maximum atomic E-state index is 10.6. The maximum Gasteiger partial charge on any atom is 0.178 e. The fourth-order valence-corrected chi connectivity index (χ4v) is 0.895. The summed E-state index contributed by atoms with van der Waals surface area (Å²) in [5.74, 6) is -0.0287. The Kier molecular flexibility index (Phi) is 1.53. The Balaban J connectivity index is 2.79. The highest BCUT2D eigenvalue weighted by molar-refractivity contribution is 5.97. The molecule has 0 saturated carbocycles. The van der Waals surface area contributed by atoms with Gasteiger partial charge in [-0.2, -0.15) is 0 Å². The predicted octanol–water partition coefficient (Wildman–Crippen LogP) is -0.446. The van der Waals surface area contributed by atoms with Crippen molar-refractivity contribution in [2.24, 2.45) is 5.73 Å². The maximum absolute atomic E-state index is 10.6. The van der Waals surface area contributed by atoms with E-state index in [2.05, 4.69) is 0 Å². The van der Waals surface area contributed by atoms with Crippen LogP contribution in [0.3, 0.4) is 0 Å². The van der Waals surface area contributed by atoms with Gasteiger partial charge in [0.15, 0.2) is 5.78 Å². The van der Waals surface area contributed by atoms with Crippen molar-refractivity contribution in [3.8, 4) is 0 Å². The van der Waals surface area contributed by atoms with Gasteiger partial charge in [-0.1, -0.05) is 0 Å². The van der Waals surface area contributed by atoms with Crippen LogP contribution in [0.25, 0.3) is 0 Å². The molecule has 0 spiro atoms. The first kappa shape index (κ1) is 6.29. The molecule has 1 aliphatic rings. The number of allylic oxidation sites excluding steroid dienone is 1. The molecule has 0 aliphatic heterocycles. The molecule has 0 bridgehead atoms. The standard InChI is InChI=1S/C6H9NO2/c7-6-4(3-8)1-2-5(6)9/h8H,1-3,7H2. The molecular weight excluding hydrogens is 118 g/mol. The molecule has 9 heavy (non-hydrogen) atoms. The average molecular weight is 127 g/mol. The Morgan fingerprint density at radius 3 is 2.44 bits per heavy atom. The van der Waals surface area contributed by atoms with Crippen LogP contribution >= 0.6 is 0 Å². The number of hydrogen-bond acceptors (Lipinski definition) is 3. The Hall–Kier alpha value is -0.830. The van der Waals surface area contributed by atoms with Crippen LogP contribution in [-0.2, 0) is 4.79 Å². The van der Waals surface area contributed by atoms with Gasteiger partial charge in [-0.15, -0.1) is 0 Å². The number of rotatable bonds is 1. The first-order valence-electron chi connectivity index (χ1n) is 2.87. The molecule has 0 aromatic heterocycles. The highest BCUT2D eigenvalue weighted by Gasteiger charge is 2.18. The van der Waals surface area contributed by atoms with Gasteiger partial charge in [-0.3, -0.25) is 4.79 Å². The molecule has 0 fully saturated rings. The summed E-state index contributed by atoms with van der Waals surface area (Å²) >= 11 is 0. The number of Topliss-reactive ketones (excluding diaryl/α,β-unsaturated/α-hetero) is 1. The van der Waals surface area contributed by atoms with Crippen molar-refractivity contribution in [3.63, 3.8) is 0 Å². The van der Waals surface area contributed by atoms with Gasteiger partial charge in [0.1, 0.15) is 0 Å². The number of carbonyl (C=O) groups excluding carboxylic acids is 1. The topological polar surface area (TPSA) is 63.3 Å². The van der Waals surface area contributed by atoms with Crippen molar-refractivity contribution in [1.82, 2.24) is 0 Å². The first-order chi connectivity index (χ1) is 4.25. The molecule has 0 aromatic rings. The SMILES string of the molecule is NC1=C(CO)CCC1=O. The van der Waals surface area contributed by atoms with E-state index in [1.165, 1.54) is 0 Å². The van der Waals surface area contributed by atoms with E-state index in [1.807, 2.05) is 0 Å². The van der Waals surface area contributed by atoms with Crippen molar-refractivity contribution in [2.45, 2.75) is 12.8 Å². The molecular formula is C6H9NO2. The molecule has 0 atom stereocenters. The third-order valence-corrected chi connectivity index (χ3v) is 1.53. The summed E-state index contributed by atoms with van der Waals surface area (Å²) < 4.78 is 0. The Bertz CT molecular complexity index is 172. The Morgan fingerprint density at radius 1 is 1.56 bits per heavy atom. The molecule has 1 aliphatic carbocycles. The summed E-state index contributed by atoms with van der Waals surface area (Å²) in [6, 6.07) is 0. The summed E-state index contributed by atoms with van der Waals surface area (Å²) in [5.41, 5.74) is 6.27. The van der Waals surface area contributed by atoms with Crippen LogP contribution in [-0.4, -0.2) is 17.5 Å². The normalized spacial score (nSPS) is 19.4. The smallest absolute Gasteiger partial charge is 0.178 e. The largest absolute Gasteiger partial charge is 0.396 e. The van der Waals surface area contributed by atoms with Gasteiger partial charge in [0, 0.05) is 6.42 Å². The third-order valence-electron chi connectivity index (χ3n) is 1.53. The Morgan fingerprint density at radius 2 is 2.22 bits per heavy atom. The van der Waals surface area contributed by atoms with Crippen LogP contribution in [0, 0.1) is 0 Å². The predicted molar refractivity (Wildman–Crippen MR) is 32.5 cm³/mol. The van der Waals surface area contributed by atoms with E-state index < -0.39 is 0 Å². The minimum Gasteiger partial charge on any atom is -0.396 e. The van der Waals surface area contributed by atoms with Crippen LogP contribution < -0.4 is 5.73 Å². The molecule has 0 unspecified atom stereocenters. The van der Waals surface area contributed by atoms with Crippen LogP contribution in [0.2, 0.25) is 0 Å². The van der Waals surface area contributed by atoms with Crippen LogP contribution in [0.1, 0.15) is 12.8 Å². The lowest BCUT2D eigenvalue weighted by Gasteiger charge is -1.92. The van der Waals surface area contributed by atoms with Crippen LogP contribution in [0.5, 0.6) is 0 Å². The summed E-state index contributed by atoms with van der Waals surface area (Å²) in [4.78, 5) is 10.6. The molecule has 0 aromatic carbocycles. The zero-order valence-corrected chi connectivity index (χ0v) is 5.05. The molecule has 0 amide bonds. The lowest BCUT2D eigenvalue weighted by atomic mass is 10.2. The molecule has 3 heteroatoms. The zero-order valence-electron chi connectivity index (χ0n) is 5.05. The molecule has 3 nitrogen and oxygen atoms in total. The van der Waals surface area contributed by atoms with Crippen molar-refractivity contribution in [1.29, 1.82) is 0 Å². The van der Waals surface area contributed by atoms with Gasteiger partial charge in [0.05, 0.1) is 12.3 Å². The van der Waals surface area contributed by atoms with Gasteiger partial charge in [-0.05, 0) is 12.0 Å². The number of nitrogens with two attached hydrogens (primary N) is 1. The van der Waals surface area contributed by atoms with Crippen molar-refractivity contribution in [2.75, 3.05) is 6.61 Å². The van der Waals surface area contributed by atoms with E-state index in [0.717, 1.165) is 0 Å². The minimum atomic E-state index is -0.0719. The summed E-state index contributed by atoms with van der Waals surface area (Å²) in [5, 5.41) is 8.56. The summed E-state index contributed by atoms with van der Waals surface area (Å²) in [6.07, 6.45) is 1.11. The molecule has 1 rings (SSSR count). The first-order valence-corrected chi connectivity index (χ1v) is 2.87. The van der Waals surface area contributed by atoms with Crippen LogP contribution in [0.4, 0.5) is 0 Å². The van der Waals surface area contributed by atoms with E-state index >= 15 is 0 Å². The monoisotopic (exact) mass is 127 g/mol. The van der Waals surface area contributed by atoms with E-state index in [0.29, 0.717) is 18.4 Å². The van der Waals surface area contributed by atoms with E-state index in [1.54, 1.807) is 0 Å². The van der Waals surface area contributed by atoms with Gasteiger partial charge in [-0.25, -0.2) is 0 Å². The second-order valence-corrected chi connectivity index (χ2v) is 2.10. The molecule has 3 N–H and O–H groups in total. The van der Waals surface area contributed by atoms with Gasteiger partial charge < -0.3 is 10.8 Å². The highest BCUT2D eigenvalue weighted by atomic mass is 16.3. The molecule has 0 saturated heterocycles. The van der Waals surface area contributed by atoms with Crippen molar-refractivity contribution >= 4 is 5.78 Å². The van der Waals surface area contributed by atoms with Gasteiger partial charge in [0.2, 0.25) is 0 Å². The molecule has 0 radical (unpaired) electrons. The van der Waals surface area contributed by atoms with Gasteiger partial charge in [0.25, 0.3) is 0 Å². The number of ketones is 1. The molecule has 50 valence electrons. The second kappa shape index (κ2) is 2.19. The lowest BCUT2D eigenvalue weighted by Crippen LogP contribution is -2.07. The van der Waals surface area contributed by atoms with E-state index in [4.69, 9.17) is 10.8 Å². The second-order valence-electron chi connectivity index (χ2n) is 2.10. The summed E-state index contributed by atoms with van der Waals surface area (Å²) in [7, 11) is 0. The number of aliphatic hydroxyl groups is 1. The van der Waals surface area contributed by atoms with E-state index in [-0.39, 0.29) is 18.1 Å². The van der Waals surface area contributed by atoms with Crippen molar-refractivity contribution in [3.05, 3.63) is 11.3 Å². The minimum absolute atomic E-state index is 0.0287. The van der Waals surface area contributed by atoms with Gasteiger partial charge >= 0.3 is 0 Å². The zero-order chi connectivity index (χ0) is 6.85.